The van der Waals surface area contributed by atoms with E-state index in [2.05, 4.69) is 9.71 Å². The van der Waals surface area contributed by atoms with Crippen LogP contribution in [0.5, 0.6) is 0 Å². The number of nitrogens with zero attached hydrogens (tertiary/aromatic N) is 2. The molecule has 0 fully saturated rings. The summed E-state index contributed by atoms with van der Waals surface area (Å²) in [6.07, 6.45) is 5.41. The summed E-state index contributed by atoms with van der Waals surface area (Å²) in [5, 5.41) is -0.271. The molecule has 0 aliphatic heterocycles. The molecule has 0 spiro atoms. The van der Waals surface area contributed by atoms with E-state index >= 15 is 0 Å². The molecule has 0 saturated carbocycles. The maximum absolute atomic E-state index is 12.0. The average Bonchev–Trinajstić information content (AvgIpc) is 2.97. The maximum Gasteiger partial charge on any atom is 0.274 e. The molecule has 2 rings (SSSR count). The fraction of sp³-hybridized carbons (Fsp3) is 0.273. The van der Waals surface area contributed by atoms with Gasteiger partial charge in [-0.1, -0.05) is 0 Å². The number of furan rings is 1. The van der Waals surface area contributed by atoms with E-state index in [4.69, 9.17) is 4.42 Å². The van der Waals surface area contributed by atoms with E-state index in [0.717, 1.165) is 0 Å². The first-order valence-corrected chi connectivity index (χ1v) is 7.02. The van der Waals surface area contributed by atoms with Gasteiger partial charge in [0.2, 0.25) is 5.09 Å². The van der Waals surface area contributed by atoms with E-state index < -0.39 is 10.0 Å². The van der Waals surface area contributed by atoms with Crippen molar-refractivity contribution in [1.29, 1.82) is 0 Å². The number of aldehydes is 1. The normalized spacial score (nSPS) is 13.3. The Bertz CT molecular complexity index is 645. The summed E-state index contributed by atoms with van der Waals surface area (Å²) < 4.78 is 33.0. The fourth-order valence-corrected chi connectivity index (χ4v) is 2.79. The van der Waals surface area contributed by atoms with Crippen LogP contribution in [0.15, 0.2) is 40.4 Å². The number of rotatable bonds is 6. The Labute approximate surface area is 110 Å². The molecule has 2 aromatic rings. The minimum Gasteiger partial charge on any atom is -0.440 e. The highest BCUT2D eigenvalue weighted by Crippen LogP contribution is 2.13. The summed E-state index contributed by atoms with van der Waals surface area (Å²) in [4.78, 5) is 14.3. The molecule has 0 radical (unpaired) electrons. The third-order valence-corrected chi connectivity index (χ3v) is 3.85. The Balaban J connectivity index is 2.06. The van der Waals surface area contributed by atoms with E-state index in [1.54, 1.807) is 30.2 Å². The SMILES string of the molecule is CC(Cn1ccnc1)NS(=O)(=O)c1ccc(C=O)o1. The molecule has 0 bridgehead atoms. The van der Waals surface area contributed by atoms with E-state index in [9.17, 15) is 13.2 Å². The van der Waals surface area contributed by atoms with Crippen molar-refractivity contribution in [3.05, 3.63) is 36.6 Å². The largest absolute Gasteiger partial charge is 0.440 e. The molecule has 1 unspecified atom stereocenters. The minimum atomic E-state index is -3.76. The number of nitrogens with one attached hydrogen (secondary N) is 1. The smallest absolute Gasteiger partial charge is 0.274 e. The zero-order valence-corrected chi connectivity index (χ0v) is 11.0. The number of hydrogen-bond acceptors (Lipinski definition) is 5. The van der Waals surface area contributed by atoms with Gasteiger partial charge in [-0.15, -0.1) is 0 Å². The first-order chi connectivity index (χ1) is 9.01. The van der Waals surface area contributed by atoms with Crippen LogP contribution in [0.3, 0.4) is 0 Å². The van der Waals surface area contributed by atoms with Crippen molar-refractivity contribution >= 4 is 16.3 Å². The molecule has 0 aromatic carbocycles. The molecule has 7 nitrogen and oxygen atoms in total. The van der Waals surface area contributed by atoms with Gasteiger partial charge in [0.1, 0.15) is 0 Å². The van der Waals surface area contributed by atoms with Crippen molar-refractivity contribution in [2.45, 2.75) is 24.6 Å². The van der Waals surface area contributed by atoms with E-state index in [1.807, 2.05) is 0 Å². The molecule has 0 aliphatic carbocycles. The van der Waals surface area contributed by atoms with Gasteiger partial charge in [-0.05, 0) is 19.1 Å². The zero-order chi connectivity index (χ0) is 13.9. The van der Waals surface area contributed by atoms with Crippen molar-refractivity contribution in [2.24, 2.45) is 0 Å². The second-order valence-electron chi connectivity index (χ2n) is 4.06. The topological polar surface area (TPSA) is 94.2 Å². The third kappa shape index (κ3) is 3.30. The van der Waals surface area contributed by atoms with E-state index in [0.29, 0.717) is 12.8 Å². The van der Waals surface area contributed by atoms with Gasteiger partial charge in [0.25, 0.3) is 10.0 Å². The van der Waals surface area contributed by atoms with Crippen LogP contribution in [0.4, 0.5) is 0 Å². The van der Waals surface area contributed by atoms with Gasteiger partial charge in [0, 0.05) is 25.0 Å². The van der Waals surface area contributed by atoms with Crippen LogP contribution >= 0.6 is 0 Å². The molecule has 1 atom stereocenters. The highest BCUT2D eigenvalue weighted by molar-refractivity contribution is 7.89. The predicted molar refractivity (Wildman–Crippen MR) is 66.1 cm³/mol. The number of imidazole rings is 1. The molecule has 8 heteroatoms. The summed E-state index contributed by atoms with van der Waals surface area (Å²) >= 11 is 0. The Morgan fingerprint density at radius 2 is 2.32 bits per heavy atom. The molecule has 102 valence electrons. The van der Waals surface area contributed by atoms with Gasteiger partial charge < -0.3 is 8.98 Å². The highest BCUT2D eigenvalue weighted by atomic mass is 32.2. The molecule has 0 aliphatic rings. The van der Waals surface area contributed by atoms with Crippen LogP contribution in [0.25, 0.3) is 0 Å². The number of carbonyl (C=O) groups excluding carboxylic acids is 1. The van der Waals surface area contributed by atoms with Gasteiger partial charge in [-0.25, -0.2) is 18.1 Å². The first-order valence-electron chi connectivity index (χ1n) is 5.54. The van der Waals surface area contributed by atoms with Gasteiger partial charge in [-0.3, -0.25) is 4.79 Å². The lowest BCUT2D eigenvalue weighted by Gasteiger charge is -2.13. The van der Waals surface area contributed by atoms with Crippen LogP contribution in [-0.4, -0.2) is 30.3 Å². The molecule has 19 heavy (non-hydrogen) atoms. The standard InChI is InChI=1S/C11H13N3O4S/c1-9(6-14-5-4-12-8-14)13-19(16,17)11-3-2-10(7-15)18-11/h2-5,7-9,13H,6H2,1H3. The summed E-state index contributed by atoms with van der Waals surface area (Å²) in [7, 11) is -3.76. The molecule has 0 saturated heterocycles. The van der Waals surface area contributed by atoms with Crippen LogP contribution in [-0.2, 0) is 16.6 Å². The molecular weight excluding hydrogens is 270 g/mol. The molecule has 2 aromatic heterocycles. The lowest BCUT2D eigenvalue weighted by atomic mass is 10.4. The summed E-state index contributed by atoms with van der Waals surface area (Å²) in [6.45, 7) is 2.17. The van der Waals surface area contributed by atoms with Crippen LogP contribution in [0, 0.1) is 0 Å². The zero-order valence-electron chi connectivity index (χ0n) is 10.2. The van der Waals surface area contributed by atoms with E-state index in [-0.39, 0.29) is 16.9 Å². The third-order valence-electron chi connectivity index (χ3n) is 2.38. The van der Waals surface area contributed by atoms with Gasteiger partial charge in [0.05, 0.1) is 6.33 Å². The van der Waals surface area contributed by atoms with Crippen LogP contribution in [0.2, 0.25) is 0 Å². The minimum absolute atomic E-state index is 0.0253. The number of carbonyl (C=O) groups is 1. The average molecular weight is 283 g/mol. The molecular formula is C11H13N3O4S. The van der Waals surface area contributed by atoms with Crippen molar-refractivity contribution in [2.75, 3.05) is 0 Å². The summed E-state index contributed by atoms with van der Waals surface area (Å²) in [5.41, 5.74) is 0. The van der Waals surface area contributed by atoms with Gasteiger partial charge in [-0.2, -0.15) is 0 Å². The van der Waals surface area contributed by atoms with Crippen molar-refractivity contribution in [1.82, 2.24) is 14.3 Å². The second-order valence-corrected chi connectivity index (χ2v) is 5.70. The number of hydrogen-bond donors (Lipinski definition) is 1. The molecule has 0 amide bonds. The van der Waals surface area contributed by atoms with Crippen molar-refractivity contribution < 1.29 is 17.6 Å². The quantitative estimate of drug-likeness (QED) is 0.786. The second kappa shape index (κ2) is 5.37. The Morgan fingerprint density at radius 1 is 1.53 bits per heavy atom. The maximum atomic E-state index is 12.0. The lowest BCUT2D eigenvalue weighted by molar-refractivity contribution is 0.109. The van der Waals surface area contributed by atoms with Crippen molar-refractivity contribution in [3.63, 3.8) is 0 Å². The predicted octanol–water partition coefficient (Wildman–Crippen LogP) is 0.656. The molecule has 1 N–H and O–H groups in total. The van der Waals surface area contributed by atoms with E-state index in [1.165, 1.54) is 12.1 Å². The monoisotopic (exact) mass is 283 g/mol. The Kier molecular flexibility index (Phi) is 3.82. The van der Waals surface area contributed by atoms with Crippen LogP contribution < -0.4 is 4.72 Å². The summed E-state index contributed by atoms with van der Waals surface area (Å²) in [5.74, 6) is -0.0253. The van der Waals surface area contributed by atoms with Gasteiger partial charge >= 0.3 is 0 Å². The van der Waals surface area contributed by atoms with Crippen molar-refractivity contribution in [3.8, 4) is 0 Å². The lowest BCUT2D eigenvalue weighted by Crippen LogP contribution is -2.35. The fourth-order valence-electron chi connectivity index (χ4n) is 1.61. The Hall–Kier alpha value is -1.93. The Morgan fingerprint density at radius 3 is 2.89 bits per heavy atom. The summed E-state index contributed by atoms with van der Waals surface area (Å²) in [6, 6.07) is 2.21. The highest BCUT2D eigenvalue weighted by Gasteiger charge is 2.21. The first kappa shape index (κ1) is 13.5. The number of aromatic nitrogens is 2. The van der Waals surface area contributed by atoms with Crippen LogP contribution in [0.1, 0.15) is 17.5 Å². The number of sulfonamides is 1. The van der Waals surface area contributed by atoms with Gasteiger partial charge in [0.15, 0.2) is 12.0 Å². The molecule has 2 heterocycles.